The van der Waals surface area contributed by atoms with E-state index in [-0.39, 0.29) is 36.4 Å². The molecule has 0 saturated carbocycles. The molecule has 8 heteroatoms. The van der Waals surface area contributed by atoms with Crippen molar-refractivity contribution < 1.29 is 4.79 Å². The van der Waals surface area contributed by atoms with Crippen molar-refractivity contribution in [2.75, 3.05) is 27.2 Å². The lowest BCUT2D eigenvalue weighted by atomic mass is 10.2. The number of rotatable bonds is 8. The molecule has 2 N–H and O–H groups in total. The molecule has 24 heavy (non-hydrogen) atoms. The lowest BCUT2D eigenvalue weighted by molar-refractivity contribution is -0.127. The summed E-state index contributed by atoms with van der Waals surface area (Å²) in [5.41, 5.74) is 1.12. The number of nitrogens with one attached hydrogen (secondary N) is 2. The average molecular weight is 467 g/mol. The standard InChI is InChI=1S/C16H29N5OS.HI/c1-6-7-8-17-16(19-10-15(22)21(4)5)18-9-14-20-13(11-23-14)12(2)3;/h11-12H,6-10H2,1-5H3,(H2,17,18,19);1H. The zero-order valence-electron chi connectivity index (χ0n) is 15.3. The molecule has 1 aromatic heterocycles. The summed E-state index contributed by atoms with van der Waals surface area (Å²) in [6.45, 7) is 8.02. The Morgan fingerprint density at radius 3 is 2.62 bits per heavy atom. The molecule has 1 amide bonds. The van der Waals surface area contributed by atoms with E-state index in [1.165, 1.54) is 0 Å². The Bertz CT molecular complexity index is 516. The minimum atomic E-state index is -0.0158. The van der Waals surface area contributed by atoms with E-state index in [9.17, 15) is 4.79 Å². The van der Waals surface area contributed by atoms with Gasteiger partial charge in [-0.25, -0.2) is 9.98 Å². The van der Waals surface area contributed by atoms with Crippen molar-refractivity contribution in [3.63, 3.8) is 0 Å². The SMILES string of the molecule is CCCCNC(=NCC(=O)N(C)C)NCc1nc(C(C)C)cs1.I. The maximum atomic E-state index is 11.7. The minimum absolute atomic E-state index is 0. The van der Waals surface area contributed by atoms with Crippen molar-refractivity contribution >= 4 is 47.2 Å². The number of hydrogen-bond donors (Lipinski definition) is 2. The molecule has 138 valence electrons. The van der Waals surface area contributed by atoms with Crippen LogP contribution < -0.4 is 10.6 Å². The molecule has 0 saturated heterocycles. The number of hydrogen-bond acceptors (Lipinski definition) is 4. The largest absolute Gasteiger partial charge is 0.356 e. The molecule has 0 aliphatic rings. The average Bonchev–Trinajstić information content (AvgIpc) is 2.98. The Morgan fingerprint density at radius 1 is 1.38 bits per heavy atom. The third kappa shape index (κ3) is 8.81. The van der Waals surface area contributed by atoms with Crippen LogP contribution in [0.1, 0.15) is 50.2 Å². The van der Waals surface area contributed by atoms with E-state index in [2.05, 4.69) is 46.8 Å². The zero-order chi connectivity index (χ0) is 17.2. The van der Waals surface area contributed by atoms with Crippen LogP contribution in [0.3, 0.4) is 0 Å². The summed E-state index contributed by atoms with van der Waals surface area (Å²) in [5.74, 6) is 1.08. The zero-order valence-corrected chi connectivity index (χ0v) is 18.4. The van der Waals surface area contributed by atoms with Crippen LogP contribution >= 0.6 is 35.3 Å². The predicted molar refractivity (Wildman–Crippen MR) is 112 cm³/mol. The number of carbonyl (C=O) groups is 1. The lowest BCUT2D eigenvalue weighted by Gasteiger charge is -2.13. The van der Waals surface area contributed by atoms with Gasteiger partial charge in [0, 0.05) is 26.0 Å². The lowest BCUT2D eigenvalue weighted by Crippen LogP contribution is -2.38. The molecule has 1 aromatic rings. The summed E-state index contributed by atoms with van der Waals surface area (Å²) in [7, 11) is 3.47. The second-order valence-corrected chi connectivity index (χ2v) is 6.85. The van der Waals surface area contributed by atoms with Gasteiger partial charge in [0.2, 0.25) is 5.91 Å². The highest BCUT2D eigenvalue weighted by molar-refractivity contribution is 14.0. The van der Waals surface area contributed by atoms with Gasteiger partial charge in [0.25, 0.3) is 0 Å². The Hall–Kier alpha value is -0.900. The van der Waals surface area contributed by atoms with Crippen LogP contribution in [0, 0.1) is 0 Å². The molecule has 0 bridgehead atoms. The summed E-state index contributed by atoms with van der Waals surface area (Å²) in [5, 5.41) is 9.64. The van der Waals surface area contributed by atoms with Gasteiger partial charge < -0.3 is 15.5 Å². The van der Waals surface area contributed by atoms with E-state index in [4.69, 9.17) is 0 Å². The van der Waals surface area contributed by atoms with Crippen molar-refractivity contribution in [1.82, 2.24) is 20.5 Å². The van der Waals surface area contributed by atoms with Crippen LogP contribution in [0.4, 0.5) is 0 Å². The van der Waals surface area contributed by atoms with Crippen molar-refractivity contribution in [2.45, 2.75) is 46.1 Å². The van der Waals surface area contributed by atoms with Gasteiger partial charge in [0.1, 0.15) is 11.6 Å². The number of thiazole rings is 1. The van der Waals surface area contributed by atoms with Gasteiger partial charge in [-0.1, -0.05) is 27.2 Å². The van der Waals surface area contributed by atoms with Crippen LogP contribution in [-0.2, 0) is 11.3 Å². The molecule has 0 unspecified atom stereocenters. The summed E-state index contributed by atoms with van der Waals surface area (Å²) in [4.78, 5) is 22.2. The molecule has 1 heterocycles. The number of carbonyl (C=O) groups excluding carboxylic acids is 1. The van der Waals surface area contributed by atoms with E-state index in [0.29, 0.717) is 18.4 Å². The number of unbranched alkanes of at least 4 members (excludes halogenated alkanes) is 1. The molecule has 0 radical (unpaired) electrons. The molecule has 1 rings (SSSR count). The van der Waals surface area contributed by atoms with E-state index in [1.54, 1.807) is 30.3 Å². The molecule has 0 aromatic carbocycles. The fourth-order valence-corrected chi connectivity index (χ4v) is 2.57. The Kier molecular flexibility index (Phi) is 12.0. The molecule has 0 atom stereocenters. The molecule has 0 aliphatic heterocycles. The summed E-state index contributed by atoms with van der Waals surface area (Å²) in [6.07, 6.45) is 2.18. The van der Waals surface area contributed by atoms with Crippen LogP contribution in [0.15, 0.2) is 10.4 Å². The highest BCUT2D eigenvalue weighted by Crippen LogP contribution is 2.17. The normalized spacial score (nSPS) is 11.2. The first-order valence-corrected chi connectivity index (χ1v) is 8.98. The third-order valence-corrected chi connectivity index (χ3v) is 4.13. The highest BCUT2D eigenvalue weighted by Gasteiger charge is 2.07. The molecule has 0 fully saturated rings. The number of nitrogens with zero attached hydrogens (tertiary/aromatic N) is 3. The summed E-state index contributed by atoms with van der Waals surface area (Å²) >= 11 is 1.65. The van der Waals surface area contributed by atoms with Gasteiger partial charge in [-0.15, -0.1) is 35.3 Å². The highest BCUT2D eigenvalue weighted by atomic mass is 127. The molecular formula is C16H30IN5OS. The molecule has 6 nitrogen and oxygen atoms in total. The van der Waals surface area contributed by atoms with Crippen molar-refractivity contribution in [1.29, 1.82) is 0 Å². The number of aliphatic imine (C=N–C) groups is 1. The predicted octanol–water partition coefficient (Wildman–Crippen LogP) is 2.81. The van der Waals surface area contributed by atoms with Crippen molar-refractivity contribution in [3.05, 3.63) is 16.1 Å². The van der Waals surface area contributed by atoms with E-state index in [1.807, 2.05) is 0 Å². The van der Waals surface area contributed by atoms with Gasteiger partial charge in [0.15, 0.2) is 5.96 Å². The smallest absolute Gasteiger partial charge is 0.243 e. The van der Waals surface area contributed by atoms with Crippen molar-refractivity contribution in [3.8, 4) is 0 Å². The van der Waals surface area contributed by atoms with E-state index < -0.39 is 0 Å². The second kappa shape index (κ2) is 12.5. The van der Waals surface area contributed by atoms with E-state index >= 15 is 0 Å². The Balaban J connectivity index is 0.00000529. The topological polar surface area (TPSA) is 69.6 Å². The number of aromatic nitrogens is 1. The maximum absolute atomic E-state index is 11.7. The molecule has 0 spiro atoms. The summed E-state index contributed by atoms with van der Waals surface area (Å²) < 4.78 is 0. The fourth-order valence-electron chi connectivity index (χ4n) is 1.68. The third-order valence-electron chi connectivity index (χ3n) is 3.26. The maximum Gasteiger partial charge on any atom is 0.243 e. The van der Waals surface area contributed by atoms with E-state index in [0.717, 1.165) is 30.1 Å². The quantitative estimate of drug-likeness (QED) is 0.267. The van der Waals surface area contributed by atoms with Gasteiger partial charge in [-0.3, -0.25) is 4.79 Å². The monoisotopic (exact) mass is 467 g/mol. The first-order chi connectivity index (χ1) is 10.9. The first kappa shape index (κ1) is 23.1. The van der Waals surface area contributed by atoms with Crippen LogP contribution in [0.2, 0.25) is 0 Å². The number of likely N-dealkylation sites (N-methyl/N-ethyl adjacent to an activating group) is 1. The van der Waals surface area contributed by atoms with Gasteiger partial charge in [-0.05, 0) is 12.3 Å². The van der Waals surface area contributed by atoms with Crippen molar-refractivity contribution in [2.24, 2.45) is 4.99 Å². The van der Waals surface area contributed by atoms with Crippen LogP contribution in [0.25, 0.3) is 0 Å². The Labute approximate surface area is 166 Å². The number of halogens is 1. The van der Waals surface area contributed by atoms with Gasteiger partial charge in [-0.2, -0.15) is 0 Å². The van der Waals surface area contributed by atoms with Crippen LogP contribution in [0.5, 0.6) is 0 Å². The van der Waals surface area contributed by atoms with Gasteiger partial charge in [0.05, 0.1) is 12.2 Å². The second-order valence-electron chi connectivity index (χ2n) is 5.91. The first-order valence-electron chi connectivity index (χ1n) is 8.10. The Morgan fingerprint density at radius 2 is 2.08 bits per heavy atom. The number of amides is 1. The van der Waals surface area contributed by atoms with Crippen LogP contribution in [-0.4, -0.2) is 48.9 Å². The van der Waals surface area contributed by atoms with Gasteiger partial charge >= 0.3 is 0 Å². The minimum Gasteiger partial charge on any atom is -0.356 e. The number of guanidine groups is 1. The molecule has 0 aliphatic carbocycles. The molecular weight excluding hydrogens is 437 g/mol. The fraction of sp³-hybridized carbons (Fsp3) is 0.688. The summed E-state index contributed by atoms with van der Waals surface area (Å²) in [6, 6.07) is 0.